The van der Waals surface area contributed by atoms with Crippen molar-refractivity contribution in [2.45, 2.75) is 24.9 Å². The summed E-state index contributed by atoms with van der Waals surface area (Å²) in [5.74, 6) is 1.60. The van der Waals surface area contributed by atoms with E-state index in [1.165, 1.54) is 5.56 Å². The second-order valence-corrected chi connectivity index (χ2v) is 5.17. The van der Waals surface area contributed by atoms with Gasteiger partial charge in [0, 0.05) is 12.1 Å². The lowest BCUT2D eigenvalue weighted by molar-refractivity contribution is 0.123. The van der Waals surface area contributed by atoms with Crippen LogP contribution in [0.2, 0.25) is 0 Å². The molecule has 0 aliphatic heterocycles. The molecule has 0 heterocycles. The average molecular weight is 234 g/mol. The first kappa shape index (κ1) is 12.4. The summed E-state index contributed by atoms with van der Waals surface area (Å²) >= 11 is 0. The van der Waals surface area contributed by atoms with Gasteiger partial charge in [0.1, 0.15) is 5.75 Å². The van der Waals surface area contributed by atoms with Crippen LogP contribution in [0.3, 0.4) is 0 Å². The van der Waals surface area contributed by atoms with E-state index in [4.69, 9.17) is 10.5 Å². The Labute approximate surface area is 104 Å². The molecule has 1 unspecified atom stereocenters. The zero-order valence-corrected chi connectivity index (χ0v) is 10.9. The minimum absolute atomic E-state index is 0.403. The molecule has 0 bridgehead atoms. The van der Waals surface area contributed by atoms with Crippen LogP contribution in [-0.2, 0) is 0 Å². The van der Waals surface area contributed by atoms with Gasteiger partial charge >= 0.3 is 0 Å². The maximum atomic E-state index is 5.89. The molecule has 0 aromatic heterocycles. The topological polar surface area (TPSA) is 38.5 Å². The molecule has 0 saturated heterocycles. The number of hydrogen-bond acceptors (Lipinski definition) is 3. The Balaban J connectivity index is 2.14. The molecule has 1 aliphatic rings. The Hall–Kier alpha value is -1.06. The van der Waals surface area contributed by atoms with E-state index in [1.807, 2.05) is 12.1 Å². The third-order valence-corrected chi connectivity index (χ3v) is 3.67. The van der Waals surface area contributed by atoms with Gasteiger partial charge in [0.2, 0.25) is 0 Å². The minimum Gasteiger partial charge on any atom is -0.497 e. The Morgan fingerprint density at radius 3 is 2.24 bits per heavy atom. The van der Waals surface area contributed by atoms with E-state index < -0.39 is 0 Å². The molecule has 2 rings (SSSR count). The summed E-state index contributed by atoms with van der Waals surface area (Å²) in [5.41, 5.74) is 7.25. The van der Waals surface area contributed by atoms with E-state index in [2.05, 4.69) is 31.1 Å². The van der Waals surface area contributed by atoms with Gasteiger partial charge in [0.15, 0.2) is 0 Å². The summed E-state index contributed by atoms with van der Waals surface area (Å²) in [7, 11) is 5.97. The Morgan fingerprint density at radius 1 is 1.24 bits per heavy atom. The van der Waals surface area contributed by atoms with Crippen molar-refractivity contribution < 1.29 is 4.74 Å². The maximum Gasteiger partial charge on any atom is 0.118 e. The molecule has 17 heavy (non-hydrogen) atoms. The van der Waals surface area contributed by atoms with Crippen LogP contribution < -0.4 is 10.5 Å². The Morgan fingerprint density at radius 2 is 1.82 bits per heavy atom. The molecule has 1 aliphatic carbocycles. The number of rotatable bonds is 4. The first-order chi connectivity index (χ1) is 8.11. The van der Waals surface area contributed by atoms with Crippen molar-refractivity contribution >= 4 is 0 Å². The van der Waals surface area contributed by atoms with Crippen molar-refractivity contribution in [2.75, 3.05) is 21.2 Å². The van der Waals surface area contributed by atoms with E-state index in [0.29, 0.717) is 18.0 Å². The van der Waals surface area contributed by atoms with Gasteiger partial charge < -0.3 is 15.4 Å². The van der Waals surface area contributed by atoms with Gasteiger partial charge in [0.25, 0.3) is 0 Å². The molecule has 0 radical (unpaired) electrons. The molecule has 3 nitrogen and oxygen atoms in total. The number of methoxy groups -OCH3 is 1. The molecule has 0 amide bonds. The average Bonchev–Trinajstić information content (AvgIpc) is 2.27. The zero-order valence-electron chi connectivity index (χ0n) is 10.9. The molecular weight excluding hydrogens is 212 g/mol. The molecule has 1 atom stereocenters. The highest BCUT2D eigenvalue weighted by atomic mass is 16.5. The molecule has 2 N–H and O–H groups in total. The van der Waals surface area contributed by atoms with E-state index in [1.54, 1.807) is 7.11 Å². The van der Waals surface area contributed by atoms with E-state index in [9.17, 15) is 0 Å². The van der Waals surface area contributed by atoms with Crippen molar-refractivity contribution in [1.82, 2.24) is 4.90 Å². The summed E-state index contributed by atoms with van der Waals surface area (Å²) in [6.45, 7) is 0. The molecule has 1 aromatic carbocycles. The quantitative estimate of drug-likeness (QED) is 0.866. The van der Waals surface area contributed by atoms with Crippen molar-refractivity contribution in [3.8, 4) is 5.75 Å². The summed E-state index contributed by atoms with van der Waals surface area (Å²) in [6.07, 6.45) is 2.27. The third kappa shape index (κ3) is 2.61. The van der Waals surface area contributed by atoms with E-state index in [0.717, 1.165) is 18.6 Å². The molecule has 1 fully saturated rings. The number of nitrogens with two attached hydrogens (primary N) is 1. The van der Waals surface area contributed by atoms with E-state index in [-0.39, 0.29) is 0 Å². The van der Waals surface area contributed by atoms with Gasteiger partial charge in [-0.1, -0.05) is 12.1 Å². The number of benzene rings is 1. The van der Waals surface area contributed by atoms with Gasteiger partial charge in [-0.25, -0.2) is 0 Å². The predicted octanol–water partition coefficient (Wildman–Crippen LogP) is 2.04. The Kier molecular flexibility index (Phi) is 3.69. The van der Waals surface area contributed by atoms with Crippen molar-refractivity contribution in [2.24, 2.45) is 11.7 Å². The highest BCUT2D eigenvalue weighted by Gasteiger charge is 2.34. The molecule has 1 saturated carbocycles. The van der Waals surface area contributed by atoms with Gasteiger partial charge in [-0.2, -0.15) is 0 Å². The van der Waals surface area contributed by atoms with Crippen LogP contribution in [0.5, 0.6) is 5.75 Å². The summed E-state index contributed by atoms with van der Waals surface area (Å²) < 4.78 is 5.19. The fourth-order valence-corrected chi connectivity index (χ4v) is 2.76. The van der Waals surface area contributed by atoms with Gasteiger partial charge in [-0.15, -0.1) is 0 Å². The van der Waals surface area contributed by atoms with Crippen LogP contribution in [0.4, 0.5) is 0 Å². The van der Waals surface area contributed by atoms with Crippen LogP contribution in [0.15, 0.2) is 24.3 Å². The normalized spacial score (nSPS) is 25.5. The molecule has 3 heteroatoms. The molecule has 94 valence electrons. The summed E-state index contributed by atoms with van der Waals surface area (Å²) in [6, 6.07) is 9.26. The second kappa shape index (κ2) is 5.07. The predicted molar refractivity (Wildman–Crippen MR) is 70.1 cm³/mol. The first-order valence-corrected chi connectivity index (χ1v) is 6.17. The molecule has 1 aromatic rings. The fourth-order valence-electron chi connectivity index (χ4n) is 2.76. The number of nitrogens with zero attached hydrogens (tertiary/aromatic N) is 1. The van der Waals surface area contributed by atoms with Gasteiger partial charge in [-0.3, -0.25) is 0 Å². The number of ether oxygens (including phenoxy) is 1. The fraction of sp³-hybridized carbons (Fsp3) is 0.571. The lowest BCUT2D eigenvalue weighted by atomic mass is 9.73. The van der Waals surface area contributed by atoms with Crippen LogP contribution >= 0.6 is 0 Å². The third-order valence-electron chi connectivity index (χ3n) is 3.67. The van der Waals surface area contributed by atoms with Gasteiger partial charge in [-0.05, 0) is 50.6 Å². The SMILES string of the molecule is COc1ccc(C(C2CC(N)C2)N(C)C)cc1. The number of hydrogen-bond donors (Lipinski definition) is 1. The summed E-state index contributed by atoms with van der Waals surface area (Å²) in [5, 5.41) is 0. The smallest absolute Gasteiger partial charge is 0.118 e. The van der Waals surface area contributed by atoms with Crippen LogP contribution in [0.25, 0.3) is 0 Å². The largest absolute Gasteiger partial charge is 0.497 e. The van der Waals surface area contributed by atoms with Crippen LogP contribution in [0.1, 0.15) is 24.4 Å². The molecular formula is C14H22N2O. The first-order valence-electron chi connectivity index (χ1n) is 6.17. The highest BCUT2D eigenvalue weighted by molar-refractivity contribution is 5.30. The van der Waals surface area contributed by atoms with E-state index >= 15 is 0 Å². The molecule has 0 spiro atoms. The van der Waals surface area contributed by atoms with Crippen LogP contribution in [0, 0.1) is 5.92 Å². The second-order valence-electron chi connectivity index (χ2n) is 5.17. The summed E-state index contributed by atoms with van der Waals surface area (Å²) in [4.78, 5) is 2.29. The maximum absolute atomic E-state index is 5.89. The Bertz CT molecular complexity index is 355. The standard InChI is InChI=1S/C14H22N2O/c1-16(2)14(11-8-12(15)9-11)10-4-6-13(17-3)7-5-10/h4-7,11-12,14H,8-9,15H2,1-3H3. The highest BCUT2D eigenvalue weighted by Crippen LogP contribution is 2.40. The minimum atomic E-state index is 0.403. The van der Waals surface area contributed by atoms with Crippen molar-refractivity contribution in [3.05, 3.63) is 29.8 Å². The van der Waals surface area contributed by atoms with Crippen molar-refractivity contribution in [3.63, 3.8) is 0 Å². The monoisotopic (exact) mass is 234 g/mol. The lowest BCUT2D eigenvalue weighted by Gasteiger charge is -2.41. The van der Waals surface area contributed by atoms with Crippen molar-refractivity contribution in [1.29, 1.82) is 0 Å². The lowest BCUT2D eigenvalue weighted by Crippen LogP contribution is -2.43. The van der Waals surface area contributed by atoms with Gasteiger partial charge in [0.05, 0.1) is 7.11 Å². The zero-order chi connectivity index (χ0) is 12.4. The van der Waals surface area contributed by atoms with Crippen LogP contribution in [-0.4, -0.2) is 32.1 Å².